The molecule has 3 aromatic carbocycles. The number of carbonyl (C=O) groups is 1. The first-order valence-corrected chi connectivity index (χ1v) is 18.2. The molecular formula is C42H50IrNO3S-. The number of aliphatic hydroxyl groups excluding tert-OH is 1. The van der Waals surface area contributed by atoms with Crippen LogP contribution in [0.4, 0.5) is 0 Å². The molecule has 0 saturated carbocycles. The number of furan rings is 1. The molecule has 0 unspecified atom stereocenters. The predicted molar refractivity (Wildman–Crippen MR) is 200 cm³/mol. The topological polar surface area (TPSA) is 63.3 Å². The van der Waals surface area contributed by atoms with Crippen LogP contribution < -0.4 is 0 Å². The number of aryl methyl sites for hydroxylation is 1. The van der Waals surface area contributed by atoms with Crippen LogP contribution in [0.5, 0.6) is 0 Å². The Balaban J connectivity index is 0.000000251. The van der Waals surface area contributed by atoms with Gasteiger partial charge in [0.1, 0.15) is 16.9 Å². The summed E-state index contributed by atoms with van der Waals surface area (Å²) in [6.45, 7) is 18.9. The van der Waals surface area contributed by atoms with E-state index in [1.807, 2.05) is 59.5 Å². The first-order chi connectivity index (χ1) is 22.3. The molecule has 6 rings (SSSR count). The number of fused-ring (bicyclic) bond motifs is 6. The summed E-state index contributed by atoms with van der Waals surface area (Å²) in [5, 5.41) is 14.9. The minimum atomic E-state index is -0.337. The molecule has 1 N–H and O–H groups in total. The van der Waals surface area contributed by atoms with E-state index in [2.05, 4.69) is 75.4 Å². The predicted octanol–water partition coefficient (Wildman–Crippen LogP) is 12.2. The first kappa shape index (κ1) is 37.9. The second kappa shape index (κ2) is 14.9. The van der Waals surface area contributed by atoms with Gasteiger partial charge in [0.2, 0.25) is 0 Å². The SMILES string of the molecule is CC(C)(C)c1cc(-c2nccc3c2oc2ccc4c(c23)CCS4)[c-]c2ccccc12.CCC(C)(CC)C(=O)/C=C(\O)C(C)(CC)CC.[Ir]. The fourth-order valence-electron chi connectivity index (χ4n) is 6.35. The second-order valence-electron chi connectivity index (χ2n) is 14.5. The zero-order chi connectivity index (χ0) is 34.1. The Bertz CT molecular complexity index is 1960. The van der Waals surface area contributed by atoms with Crippen LogP contribution in [0, 0.1) is 16.9 Å². The van der Waals surface area contributed by atoms with Crippen LogP contribution in [0.25, 0.3) is 44.0 Å². The minimum Gasteiger partial charge on any atom is -0.512 e. The van der Waals surface area contributed by atoms with Crippen molar-refractivity contribution in [1.82, 2.24) is 4.98 Å². The van der Waals surface area contributed by atoms with E-state index in [1.54, 1.807) is 0 Å². The Morgan fingerprint density at radius 1 is 0.938 bits per heavy atom. The molecule has 4 nitrogen and oxygen atoms in total. The Morgan fingerprint density at radius 3 is 2.25 bits per heavy atom. The Labute approximate surface area is 304 Å². The normalized spacial score (nSPS) is 13.7. The van der Waals surface area contributed by atoms with E-state index in [1.165, 1.54) is 32.9 Å². The van der Waals surface area contributed by atoms with Crippen LogP contribution in [0.2, 0.25) is 0 Å². The molecule has 2 aromatic heterocycles. The van der Waals surface area contributed by atoms with Gasteiger partial charge in [-0.1, -0.05) is 91.5 Å². The van der Waals surface area contributed by atoms with Crippen LogP contribution >= 0.6 is 11.8 Å². The number of thioether (sulfide) groups is 1. The molecule has 0 bridgehead atoms. The maximum absolute atomic E-state index is 12.2. The van der Waals surface area contributed by atoms with Gasteiger partial charge in [-0.15, -0.1) is 40.9 Å². The standard InChI is InChI=1S/C27H22NOS.C15H28O2.Ir/c1-27(2,3)21-15-17(14-16-6-4-5-7-18(16)21)25-26-20(10-12-28-25)24-19-11-13-30-23(19)9-8-22(24)29-26;1-7-14(5,8-2)12(16)11-13(17)15(6,9-3)10-4;/h4-10,12,15H,11,13H2,1-3H3;11,16H,7-10H2,1-6H3;/q-1;;/b;12-11-;. The van der Waals surface area contributed by atoms with Gasteiger partial charge in [0, 0.05) is 70.3 Å². The van der Waals surface area contributed by atoms with Crippen molar-refractivity contribution in [3.63, 3.8) is 0 Å². The summed E-state index contributed by atoms with van der Waals surface area (Å²) < 4.78 is 6.41. The number of nitrogens with zero attached hydrogens (tertiary/aromatic N) is 1. The fourth-order valence-corrected chi connectivity index (χ4v) is 7.41. The van der Waals surface area contributed by atoms with Gasteiger partial charge in [-0.05, 0) is 61.3 Å². The third-order valence-corrected chi connectivity index (χ3v) is 11.8. The number of allylic oxidation sites excluding steroid dienone is 2. The monoisotopic (exact) mass is 841 g/mol. The number of benzene rings is 3. The summed E-state index contributed by atoms with van der Waals surface area (Å²) in [6.07, 6.45) is 7.76. The number of hydrogen-bond acceptors (Lipinski definition) is 5. The molecule has 257 valence electrons. The van der Waals surface area contributed by atoms with Gasteiger partial charge in [-0.25, -0.2) is 0 Å². The van der Waals surface area contributed by atoms with Crippen LogP contribution in [0.15, 0.2) is 75.9 Å². The van der Waals surface area contributed by atoms with Gasteiger partial charge < -0.3 is 9.52 Å². The summed E-state index contributed by atoms with van der Waals surface area (Å²) in [6, 6.07) is 20.8. The van der Waals surface area contributed by atoms with Crippen molar-refractivity contribution in [2.24, 2.45) is 10.8 Å². The zero-order valence-corrected chi connectivity index (χ0v) is 33.2. The van der Waals surface area contributed by atoms with Gasteiger partial charge in [-0.2, -0.15) is 0 Å². The summed E-state index contributed by atoms with van der Waals surface area (Å²) in [7, 11) is 0. The van der Waals surface area contributed by atoms with Crippen LogP contribution in [0.1, 0.15) is 99.1 Å². The Kier molecular flexibility index (Phi) is 11.8. The van der Waals surface area contributed by atoms with E-state index in [0.29, 0.717) is 0 Å². The zero-order valence-electron chi connectivity index (χ0n) is 30.0. The quantitative estimate of drug-likeness (QED) is 0.0958. The van der Waals surface area contributed by atoms with Crippen LogP contribution in [0.3, 0.4) is 0 Å². The molecular weight excluding hydrogens is 791 g/mol. The number of pyridine rings is 1. The third kappa shape index (κ3) is 7.18. The van der Waals surface area contributed by atoms with E-state index in [4.69, 9.17) is 9.40 Å². The smallest absolute Gasteiger partial charge is 0.164 e. The van der Waals surface area contributed by atoms with Crippen LogP contribution in [-0.2, 0) is 36.7 Å². The number of rotatable bonds is 8. The molecule has 0 saturated heterocycles. The number of carbonyl (C=O) groups excluding carboxylic acids is 1. The summed E-state index contributed by atoms with van der Waals surface area (Å²) in [4.78, 5) is 18.3. The molecule has 0 aliphatic carbocycles. The molecule has 48 heavy (non-hydrogen) atoms. The maximum Gasteiger partial charge on any atom is 0.164 e. The van der Waals surface area contributed by atoms with Crippen molar-refractivity contribution in [2.45, 2.75) is 105 Å². The number of aromatic nitrogens is 1. The molecule has 1 radical (unpaired) electrons. The fraction of sp³-hybridized carbons (Fsp3) is 0.429. The molecule has 1 aliphatic heterocycles. The molecule has 0 fully saturated rings. The molecule has 6 heteroatoms. The second-order valence-corrected chi connectivity index (χ2v) is 15.6. The third-order valence-electron chi connectivity index (χ3n) is 10.7. The summed E-state index contributed by atoms with van der Waals surface area (Å²) in [5.41, 5.74) is 5.83. The Morgan fingerprint density at radius 2 is 1.60 bits per heavy atom. The number of hydrogen-bond donors (Lipinski definition) is 1. The van der Waals surface area contributed by atoms with Gasteiger partial charge >= 0.3 is 0 Å². The molecule has 0 amide bonds. The molecule has 5 aromatic rings. The number of ketones is 1. The molecule has 1 aliphatic rings. The van der Waals surface area contributed by atoms with E-state index in [9.17, 15) is 9.90 Å². The van der Waals surface area contributed by atoms with E-state index in [0.717, 1.165) is 71.1 Å². The largest absolute Gasteiger partial charge is 0.512 e. The van der Waals surface area contributed by atoms with Crippen molar-refractivity contribution in [2.75, 3.05) is 5.75 Å². The van der Waals surface area contributed by atoms with E-state index >= 15 is 0 Å². The van der Waals surface area contributed by atoms with E-state index < -0.39 is 0 Å². The maximum atomic E-state index is 12.2. The average molecular weight is 841 g/mol. The van der Waals surface area contributed by atoms with Crippen molar-refractivity contribution in [1.29, 1.82) is 0 Å². The summed E-state index contributed by atoms with van der Waals surface area (Å²) in [5.74, 6) is 1.43. The number of aliphatic hydroxyl groups is 1. The Hall–Kier alpha value is -2.92. The minimum absolute atomic E-state index is 0. The van der Waals surface area contributed by atoms with Crippen molar-refractivity contribution >= 4 is 50.3 Å². The van der Waals surface area contributed by atoms with Crippen LogP contribution in [-0.4, -0.2) is 21.6 Å². The van der Waals surface area contributed by atoms with Crippen molar-refractivity contribution in [3.8, 4) is 11.3 Å². The van der Waals surface area contributed by atoms with E-state index in [-0.39, 0.29) is 47.9 Å². The van der Waals surface area contributed by atoms with Gasteiger partial charge in [0.25, 0.3) is 0 Å². The van der Waals surface area contributed by atoms with Gasteiger partial charge in [0.15, 0.2) is 5.78 Å². The molecule has 0 spiro atoms. The van der Waals surface area contributed by atoms with Gasteiger partial charge in [-0.3, -0.25) is 9.78 Å². The van der Waals surface area contributed by atoms with Crippen molar-refractivity contribution in [3.05, 3.63) is 83.8 Å². The molecule has 0 atom stereocenters. The summed E-state index contributed by atoms with van der Waals surface area (Å²) >= 11 is 1.94. The first-order valence-electron chi connectivity index (χ1n) is 17.2. The molecule has 3 heterocycles. The van der Waals surface area contributed by atoms with Gasteiger partial charge in [0.05, 0.1) is 0 Å². The average Bonchev–Trinajstić information content (AvgIpc) is 3.71. The van der Waals surface area contributed by atoms with Crippen molar-refractivity contribution < 1.29 is 34.4 Å².